The summed E-state index contributed by atoms with van der Waals surface area (Å²) in [5.41, 5.74) is 0. The van der Waals surface area contributed by atoms with Crippen LogP contribution in [0.15, 0.2) is 0 Å². The van der Waals surface area contributed by atoms with Crippen molar-refractivity contribution in [2.45, 2.75) is 25.3 Å². The van der Waals surface area contributed by atoms with Crippen molar-refractivity contribution in [3.63, 3.8) is 0 Å². The highest BCUT2D eigenvalue weighted by Crippen LogP contribution is 2.17. The first-order valence-corrected chi connectivity index (χ1v) is 9.57. The third-order valence-electron chi connectivity index (χ3n) is 4.57. The van der Waals surface area contributed by atoms with Gasteiger partial charge in [-0.2, -0.15) is 0 Å². The van der Waals surface area contributed by atoms with E-state index in [4.69, 9.17) is 0 Å². The molecule has 5 nitrogen and oxygen atoms in total. The minimum absolute atomic E-state index is 0.147. The summed E-state index contributed by atoms with van der Waals surface area (Å²) < 4.78 is 23.2. The summed E-state index contributed by atoms with van der Waals surface area (Å²) in [6.45, 7) is 5.17. The number of hydrogen-bond acceptors (Lipinski definition) is 5. The Hall–Kier alpha value is -0.170. The van der Waals surface area contributed by atoms with Crippen molar-refractivity contribution in [1.82, 2.24) is 15.1 Å². The molecule has 0 amide bonds. The van der Waals surface area contributed by atoms with Gasteiger partial charge in [0.05, 0.1) is 11.5 Å². The van der Waals surface area contributed by atoms with E-state index in [0.29, 0.717) is 18.1 Å². The maximum Gasteiger partial charge on any atom is 0.153 e. The largest absolute Gasteiger partial charge is 0.312 e. The fourth-order valence-corrected chi connectivity index (χ4v) is 4.70. The van der Waals surface area contributed by atoms with Gasteiger partial charge in [-0.25, -0.2) is 8.42 Å². The molecule has 1 N–H and O–H groups in total. The van der Waals surface area contributed by atoms with E-state index in [1.807, 2.05) is 0 Å². The molecule has 6 heteroatoms. The molecule has 0 aromatic rings. The van der Waals surface area contributed by atoms with Crippen molar-refractivity contribution in [2.75, 3.05) is 58.3 Å². The van der Waals surface area contributed by atoms with Crippen molar-refractivity contribution in [1.29, 1.82) is 0 Å². The van der Waals surface area contributed by atoms with Gasteiger partial charge in [-0.05, 0) is 58.9 Å². The molecule has 0 spiro atoms. The quantitative estimate of drug-likeness (QED) is 0.777. The van der Waals surface area contributed by atoms with Crippen molar-refractivity contribution in [2.24, 2.45) is 5.92 Å². The van der Waals surface area contributed by atoms with E-state index in [1.165, 1.54) is 25.9 Å². The molecule has 1 atom stereocenters. The zero-order chi connectivity index (χ0) is 14.6. The molecule has 0 aliphatic carbocycles. The number of nitrogens with zero attached hydrogens (tertiary/aromatic N) is 2. The third-order valence-corrected chi connectivity index (χ3v) is 6.30. The van der Waals surface area contributed by atoms with E-state index >= 15 is 0 Å². The first kappa shape index (κ1) is 16.2. The van der Waals surface area contributed by atoms with E-state index in [1.54, 1.807) is 0 Å². The van der Waals surface area contributed by atoms with Crippen LogP contribution in [0, 0.1) is 5.92 Å². The molecular formula is C14H29N3O2S. The Labute approximate surface area is 123 Å². The lowest BCUT2D eigenvalue weighted by molar-refractivity contribution is 0.173. The Balaban J connectivity index is 1.66. The molecule has 0 bridgehead atoms. The predicted molar refractivity (Wildman–Crippen MR) is 82.8 cm³/mol. The summed E-state index contributed by atoms with van der Waals surface area (Å²) in [6.07, 6.45) is 3.51. The lowest BCUT2D eigenvalue weighted by Gasteiger charge is -2.32. The molecular weight excluding hydrogens is 274 g/mol. The van der Waals surface area contributed by atoms with Crippen LogP contribution in [0.25, 0.3) is 0 Å². The van der Waals surface area contributed by atoms with Crippen LogP contribution in [0.3, 0.4) is 0 Å². The maximum atomic E-state index is 11.6. The van der Waals surface area contributed by atoms with Crippen LogP contribution >= 0.6 is 0 Å². The van der Waals surface area contributed by atoms with Gasteiger partial charge >= 0.3 is 0 Å². The molecule has 0 aromatic heterocycles. The van der Waals surface area contributed by atoms with Gasteiger partial charge in [0.25, 0.3) is 0 Å². The normalized spacial score (nSPS) is 28.9. The molecule has 118 valence electrons. The number of rotatable bonds is 5. The number of sulfone groups is 1. The summed E-state index contributed by atoms with van der Waals surface area (Å²) >= 11 is 0. The zero-order valence-corrected chi connectivity index (χ0v) is 13.7. The second-order valence-corrected chi connectivity index (χ2v) is 8.79. The molecule has 2 aliphatic rings. The van der Waals surface area contributed by atoms with E-state index in [2.05, 4.69) is 29.2 Å². The molecule has 0 aromatic carbocycles. The molecule has 0 radical (unpaired) electrons. The number of likely N-dealkylation sites (tertiary alicyclic amines) is 1. The Morgan fingerprint density at radius 2 is 2.00 bits per heavy atom. The van der Waals surface area contributed by atoms with E-state index in [9.17, 15) is 8.42 Å². The van der Waals surface area contributed by atoms with Crippen LogP contribution in [0.4, 0.5) is 0 Å². The molecule has 2 rings (SSSR count). The molecule has 1 unspecified atom stereocenters. The molecule has 0 saturated carbocycles. The van der Waals surface area contributed by atoms with Crippen LogP contribution < -0.4 is 5.32 Å². The number of hydrogen-bond donors (Lipinski definition) is 1. The van der Waals surface area contributed by atoms with Crippen molar-refractivity contribution in [3.8, 4) is 0 Å². The van der Waals surface area contributed by atoms with Gasteiger partial charge in [0.2, 0.25) is 0 Å². The van der Waals surface area contributed by atoms with Gasteiger partial charge in [0, 0.05) is 19.1 Å². The SMILES string of the molecule is CN1CCC(CN(C)CCC2CS(=O)(=O)CCN2)CC1. The fourth-order valence-electron chi connectivity index (χ4n) is 3.21. The lowest BCUT2D eigenvalue weighted by Crippen LogP contribution is -2.46. The van der Waals surface area contributed by atoms with Crippen LogP contribution in [0.1, 0.15) is 19.3 Å². The van der Waals surface area contributed by atoms with Crippen molar-refractivity contribution < 1.29 is 8.42 Å². The average Bonchev–Trinajstić information content (AvgIpc) is 2.38. The predicted octanol–water partition coefficient (Wildman–Crippen LogP) is 0.0367. The second kappa shape index (κ2) is 7.20. The number of nitrogens with one attached hydrogen (secondary N) is 1. The molecule has 2 fully saturated rings. The van der Waals surface area contributed by atoms with Gasteiger partial charge < -0.3 is 15.1 Å². The van der Waals surface area contributed by atoms with Crippen LogP contribution in [0.2, 0.25) is 0 Å². The summed E-state index contributed by atoms with van der Waals surface area (Å²) in [5.74, 6) is 1.42. The van der Waals surface area contributed by atoms with Gasteiger partial charge in [-0.15, -0.1) is 0 Å². The van der Waals surface area contributed by atoms with Crippen LogP contribution in [-0.2, 0) is 9.84 Å². The van der Waals surface area contributed by atoms with E-state index in [-0.39, 0.29) is 6.04 Å². The Kier molecular flexibility index (Phi) is 5.84. The Bertz CT molecular complexity index is 391. The number of piperidine rings is 1. The summed E-state index contributed by atoms with van der Waals surface area (Å²) in [6, 6.07) is 0.147. The Morgan fingerprint density at radius 3 is 2.65 bits per heavy atom. The van der Waals surface area contributed by atoms with Crippen molar-refractivity contribution >= 4 is 9.84 Å². The van der Waals surface area contributed by atoms with Gasteiger partial charge in [-0.1, -0.05) is 0 Å². The molecule has 2 heterocycles. The minimum atomic E-state index is -2.80. The highest BCUT2D eigenvalue weighted by atomic mass is 32.2. The Morgan fingerprint density at radius 1 is 1.30 bits per heavy atom. The van der Waals surface area contributed by atoms with E-state index < -0.39 is 9.84 Å². The first-order valence-electron chi connectivity index (χ1n) is 7.75. The van der Waals surface area contributed by atoms with Crippen molar-refractivity contribution in [3.05, 3.63) is 0 Å². The monoisotopic (exact) mass is 303 g/mol. The minimum Gasteiger partial charge on any atom is -0.312 e. The highest BCUT2D eigenvalue weighted by molar-refractivity contribution is 7.91. The smallest absolute Gasteiger partial charge is 0.153 e. The maximum absolute atomic E-state index is 11.6. The first-order chi connectivity index (χ1) is 9.44. The fraction of sp³-hybridized carbons (Fsp3) is 1.00. The van der Waals surface area contributed by atoms with Gasteiger partial charge in [0.1, 0.15) is 0 Å². The average molecular weight is 303 g/mol. The van der Waals surface area contributed by atoms with E-state index in [0.717, 1.165) is 25.4 Å². The molecule has 2 saturated heterocycles. The summed E-state index contributed by atoms with van der Waals surface area (Å²) in [4.78, 5) is 4.77. The third kappa shape index (κ3) is 5.31. The highest BCUT2D eigenvalue weighted by Gasteiger charge is 2.24. The standard InChI is InChI=1S/C14H29N3O2S/c1-16-7-3-13(4-8-16)11-17(2)9-5-14-12-20(18,19)10-6-15-14/h13-15H,3-12H2,1-2H3. The van der Waals surface area contributed by atoms with Crippen LogP contribution in [-0.4, -0.2) is 82.6 Å². The van der Waals surface area contributed by atoms with Gasteiger partial charge in [0.15, 0.2) is 9.84 Å². The lowest BCUT2D eigenvalue weighted by atomic mass is 9.96. The molecule has 2 aliphatic heterocycles. The van der Waals surface area contributed by atoms with Crippen LogP contribution in [0.5, 0.6) is 0 Å². The molecule has 20 heavy (non-hydrogen) atoms. The summed E-state index contributed by atoms with van der Waals surface area (Å²) in [7, 11) is 1.55. The second-order valence-electron chi connectivity index (χ2n) is 6.56. The zero-order valence-electron chi connectivity index (χ0n) is 12.8. The van der Waals surface area contributed by atoms with Gasteiger partial charge in [-0.3, -0.25) is 0 Å². The topological polar surface area (TPSA) is 52.7 Å². The summed E-state index contributed by atoms with van der Waals surface area (Å²) in [5, 5.41) is 3.33.